The first-order valence-electron chi connectivity index (χ1n) is 12.1. The zero-order valence-corrected chi connectivity index (χ0v) is 21.5. The number of carbonyl (C=O) groups is 1. The van der Waals surface area contributed by atoms with Gasteiger partial charge < -0.3 is 14.4 Å². The van der Waals surface area contributed by atoms with Gasteiger partial charge in [-0.25, -0.2) is 4.98 Å². The van der Waals surface area contributed by atoms with E-state index in [1.54, 1.807) is 18.4 Å². The van der Waals surface area contributed by atoms with Crippen molar-refractivity contribution >= 4 is 17.2 Å². The molecule has 0 saturated carbocycles. The molecule has 0 N–H and O–H groups in total. The van der Waals surface area contributed by atoms with Crippen LogP contribution in [-0.4, -0.2) is 52.8 Å². The normalized spacial score (nSPS) is 16.9. The third kappa shape index (κ3) is 3.95. The minimum Gasteiger partial charge on any atom is -0.496 e. The summed E-state index contributed by atoms with van der Waals surface area (Å²) < 4.78 is 13.6. The summed E-state index contributed by atoms with van der Waals surface area (Å²) in [6.07, 6.45) is 2.56. The van der Waals surface area contributed by atoms with Crippen LogP contribution in [0.4, 0.5) is 0 Å². The van der Waals surface area contributed by atoms with Crippen molar-refractivity contribution in [1.82, 2.24) is 14.5 Å². The van der Waals surface area contributed by atoms with Crippen LogP contribution in [0.5, 0.6) is 5.75 Å². The molecule has 0 atom stereocenters. The molecule has 7 heteroatoms. The van der Waals surface area contributed by atoms with E-state index in [0.29, 0.717) is 31.4 Å². The van der Waals surface area contributed by atoms with Gasteiger partial charge in [-0.15, -0.1) is 11.3 Å². The standard InChI is InChI=1S/C27H33N3O3S/c1-17(2)13-19-14-21-18(15-22(19)32-5)8-9-20-24(26(31)29-10-11-33-16-27(29,3)4)28-25(30(20)21)23-7-6-12-34-23/h6-7,12,14-15,17H,8-11,13,16H2,1-5H3. The second kappa shape index (κ2) is 8.86. The summed E-state index contributed by atoms with van der Waals surface area (Å²) in [6, 6.07) is 8.56. The molecule has 5 rings (SSSR count). The Morgan fingerprint density at radius 3 is 2.79 bits per heavy atom. The first-order chi connectivity index (χ1) is 16.3. The van der Waals surface area contributed by atoms with Crippen LogP contribution in [-0.2, 0) is 24.0 Å². The molecule has 1 aromatic carbocycles. The molecule has 2 aliphatic rings. The first-order valence-corrected chi connectivity index (χ1v) is 12.9. The Bertz CT molecular complexity index is 1210. The predicted molar refractivity (Wildman–Crippen MR) is 135 cm³/mol. The molecule has 0 unspecified atom stereocenters. The fourth-order valence-corrected chi connectivity index (χ4v) is 5.86. The minimum absolute atomic E-state index is 0.000721. The van der Waals surface area contributed by atoms with Crippen LogP contribution in [0.25, 0.3) is 16.4 Å². The van der Waals surface area contributed by atoms with Gasteiger partial charge in [0.2, 0.25) is 0 Å². The second-order valence-corrected chi connectivity index (χ2v) is 11.2. The number of morpholine rings is 1. The highest BCUT2D eigenvalue weighted by molar-refractivity contribution is 7.13. The van der Waals surface area contributed by atoms with E-state index in [0.717, 1.165) is 47.1 Å². The van der Waals surface area contributed by atoms with Crippen LogP contribution in [0.2, 0.25) is 0 Å². The topological polar surface area (TPSA) is 56.6 Å². The van der Waals surface area contributed by atoms with E-state index in [9.17, 15) is 4.79 Å². The molecule has 180 valence electrons. The van der Waals surface area contributed by atoms with Gasteiger partial charge in [0.05, 0.1) is 42.1 Å². The lowest BCUT2D eigenvalue weighted by molar-refractivity contribution is -0.0373. The monoisotopic (exact) mass is 479 g/mol. The van der Waals surface area contributed by atoms with Gasteiger partial charge in [-0.05, 0) is 73.7 Å². The molecule has 1 saturated heterocycles. The lowest BCUT2D eigenvalue weighted by atomic mass is 9.94. The van der Waals surface area contributed by atoms with E-state index in [1.165, 1.54) is 11.1 Å². The minimum atomic E-state index is -0.362. The summed E-state index contributed by atoms with van der Waals surface area (Å²) in [6.45, 7) is 10.2. The Labute approximate surface area is 205 Å². The summed E-state index contributed by atoms with van der Waals surface area (Å²) in [4.78, 5) is 21.9. The maximum Gasteiger partial charge on any atom is 0.274 e. The third-order valence-corrected chi connectivity index (χ3v) is 7.65. The Balaban J connectivity index is 1.69. The van der Waals surface area contributed by atoms with Crippen LogP contribution < -0.4 is 4.74 Å². The average molecular weight is 480 g/mol. The van der Waals surface area contributed by atoms with E-state index in [1.807, 2.05) is 11.0 Å². The van der Waals surface area contributed by atoms with Gasteiger partial charge in [0.15, 0.2) is 11.5 Å². The molecule has 1 fully saturated rings. The number of ether oxygens (including phenoxy) is 2. The number of amides is 1. The quantitative estimate of drug-likeness (QED) is 0.507. The van der Waals surface area contributed by atoms with E-state index in [2.05, 4.69) is 55.8 Å². The SMILES string of the molecule is COc1cc2c(cc1CC(C)C)-n1c(-c3cccs3)nc(C(=O)N3CCOCC3(C)C)c1CC2. The highest BCUT2D eigenvalue weighted by atomic mass is 32.1. The summed E-state index contributed by atoms with van der Waals surface area (Å²) in [7, 11) is 1.74. The molecule has 1 amide bonds. The summed E-state index contributed by atoms with van der Waals surface area (Å²) in [5, 5.41) is 2.06. The van der Waals surface area contributed by atoms with Crippen molar-refractivity contribution in [2.75, 3.05) is 26.9 Å². The highest BCUT2D eigenvalue weighted by Gasteiger charge is 2.38. The second-order valence-electron chi connectivity index (χ2n) is 10.3. The molecule has 0 radical (unpaired) electrons. The number of carbonyl (C=O) groups excluding carboxylic acids is 1. The lowest BCUT2D eigenvalue weighted by Gasteiger charge is -2.41. The molecule has 0 aliphatic carbocycles. The number of aryl methyl sites for hydroxylation is 1. The number of thiophene rings is 1. The fraction of sp³-hybridized carbons (Fsp3) is 0.481. The van der Waals surface area contributed by atoms with Crippen LogP contribution in [0.3, 0.4) is 0 Å². The average Bonchev–Trinajstić information content (AvgIpc) is 3.45. The molecule has 3 aromatic rings. The van der Waals surface area contributed by atoms with Crippen LogP contribution >= 0.6 is 11.3 Å². The molecular weight excluding hydrogens is 446 g/mol. The van der Waals surface area contributed by atoms with Gasteiger partial charge in [0, 0.05) is 6.54 Å². The molecule has 2 aromatic heterocycles. The zero-order chi connectivity index (χ0) is 24.0. The Kier molecular flexibility index (Phi) is 6.02. The largest absolute Gasteiger partial charge is 0.496 e. The van der Waals surface area contributed by atoms with Crippen LogP contribution in [0, 0.1) is 5.92 Å². The summed E-state index contributed by atoms with van der Waals surface area (Å²) in [5.41, 5.74) is 4.76. The number of benzene rings is 1. The van der Waals surface area contributed by atoms with Crippen molar-refractivity contribution in [2.45, 2.75) is 52.5 Å². The van der Waals surface area contributed by atoms with Gasteiger partial charge in [-0.2, -0.15) is 0 Å². The van der Waals surface area contributed by atoms with E-state index >= 15 is 0 Å². The van der Waals surface area contributed by atoms with Gasteiger partial charge in [0.1, 0.15) is 5.75 Å². The molecule has 6 nitrogen and oxygen atoms in total. The van der Waals surface area contributed by atoms with Crippen molar-refractivity contribution in [1.29, 1.82) is 0 Å². The third-order valence-electron chi connectivity index (χ3n) is 6.79. The summed E-state index contributed by atoms with van der Waals surface area (Å²) >= 11 is 1.65. The van der Waals surface area contributed by atoms with Crippen molar-refractivity contribution in [2.24, 2.45) is 5.92 Å². The van der Waals surface area contributed by atoms with Gasteiger partial charge >= 0.3 is 0 Å². The molecular formula is C27H33N3O3S. The van der Waals surface area contributed by atoms with E-state index in [-0.39, 0.29) is 11.4 Å². The van der Waals surface area contributed by atoms with Crippen molar-refractivity contribution in [3.05, 3.63) is 52.2 Å². The number of hydrogen-bond acceptors (Lipinski definition) is 5. The number of methoxy groups -OCH3 is 1. The number of rotatable bonds is 5. The van der Waals surface area contributed by atoms with Gasteiger partial charge in [-0.3, -0.25) is 9.36 Å². The van der Waals surface area contributed by atoms with Crippen LogP contribution in [0.1, 0.15) is 55.0 Å². The number of hydrogen-bond donors (Lipinski definition) is 0. The fourth-order valence-electron chi connectivity index (χ4n) is 5.15. The highest BCUT2D eigenvalue weighted by Crippen LogP contribution is 2.39. The van der Waals surface area contributed by atoms with Gasteiger partial charge in [0.25, 0.3) is 5.91 Å². The Morgan fingerprint density at radius 1 is 1.29 bits per heavy atom. The smallest absolute Gasteiger partial charge is 0.274 e. The van der Waals surface area contributed by atoms with Crippen LogP contribution in [0.15, 0.2) is 29.6 Å². The number of aromatic nitrogens is 2. The van der Waals surface area contributed by atoms with Crippen molar-refractivity contribution in [3.63, 3.8) is 0 Å². The van der Waals surface area contributed by atoms with Gasteiger partial charge in [-0.1, -0.05) is 19.9 Å². The molecule has 34 heavy (non-hydrogen) atoms. The van der Waals surface area contributed by atoms with E-state index in [4.69, 9.17) is 14.5 Å². The van der Waals surface area contributed by atoms with Crippen molar-refractivity contribution < 1.29 is 14.3 Å². The Morgan fingerprint density at radius 2 is 2.12 bits per heavy atom. The first kappa shape index (κ1) is 23.1. The number of fused-ring (bicyclic) bond motifs is 3. The Hall–Kier alpha value is -2.64. The lowest BCUT2D eigenvalue weighted by Crippen LogP contribution is -2.55. The molecule has 0 bridgehead atoms. The number of nitrogens with zero attached hydrogens (tertiary/aromatic N) is 3. The summed E-state index contributed by atoms with van der Waals surface area (Å²) in [5.74, 6) is 2.30. The zero-order valence-electron chi connectivity index (χ0n) is 20.7. The maximum absolute atomic E-state index is 13.9. The number of imidazole rings is 1. The molecule has 0 spiro atoms. The van der Waals surface area contributed by atoms with Crippen molar-refractivity contribution in [3.8, 4) is 22.1 Å². The van der Waals surface area contributed by atoms with E-state index < -0.39 is 0 Å². The predicted octanol–water partition coefficient (Wildman–Crippen LogP) is 5.16. The molecule has 4 heterocycles. The molecule has 2 aliphatic heterocycles. The maximum atomic E-state index is 13.9.